The Kier molecular flexibility index (Phi) is 5.59. The van der Waals surface area contributed by atoms with E-state index in [0.29, 0.717) is 29.7 Å². The summed E-state index contributed by atoms with van der Waals surface area (Å²) in [7, 11) is 0. The summed E-state index contributed by atoms with van der Waals surface area (Å²) >= 11 is 6.15. The molecule has 2 aliphatic heterocycles. The molecule has 4 unspecified atom stereocenters. The molecule has 4 nitrogen and oxygen atoms in total. The van der Waals surface area contributed by atoms with Gasteiger partial charge in [-0.25, -0.2) is 4.39 Å². The Labute approximate surface area is 178 Å². The molecule has 0 amide bonds. The molecule has 5 rings (SSSR count). The molecule has 5 atom stereocenters. The first kappa shape index (κ1) is 19.8. The fourth-order valence-electron chi connectivity index (χ4n) is 5.42. The molecule has 3 aliphatic carbocycles. The van der Waals surface area contributed by atoms with E-state index in [4.69, 9.17) is 11.6 Å². The lowest BCUT2D eigenvalue weighted by atomic mass is 9.81. The van der Waals surface area contributed by atoms with Crippen molar-refractivity contribution in [2.45, 2.75) is 70.2 Å². The number of hydrogen-bond acceptors (Lipinski definition) is 4. The van der Waals surface area contributed by atoms with Gasteiger partial charge in [0.25, 0.3) is 0 Å². The van der Waals surface area contributed by atoms with Gasteiger partial charge >= 0.3 is 0 Å². The highest BCUT2D eigenvalue weighted by Gasteiger charge is 2.38. The van der Waals surface area contributed by atoms with Crippen LogP contribution in [-0.4, -0.2) is 31.5 Å². The van der Waals surface area contributed by atoms with Gasteiger partial charge in [-0.2, -0.15) is 0 Å². The number of allylic oxidation sites excluding steroid dienone is 4. The van der Waals surface area contributed by atoms with Gasteiger partial charge in [0.05, 0.1) is 11.2 Å². The van der Waals surface area contributed by atoms with Gasteiger partial charge < -0.3 is 10.6 Å². The summed E-state index contributed by atoms with van der Waals surface area (Å²) in [6.45, 7) is 4.28. The van der Waals surface area contributed by atoms with E-state index in [9.17, 15) is 4.39 Å². The summed E-state index contributed by atoms with van der Waals surface area (Å²) in [5.41, 5.74) is 5.91. The van der Waals surface area contributed by atoms with Gasteiger partial charge in [-0.1, -0.05) is 36.2 Å². The monoisotopic (exact) mass is 418 g/mol. The summed E-state index contributed by atoms with van der Waals surface area (Å²) in [5, 5.41) is 15.3. The number of rotatable bonds is 4. The maximum Gasteiger partial charge on any atom is 0.114 e. The van der Waals surface area contributed by atoms with Crippen LogP contribution in [0.1, 0.15) is 51.9 Å². The molecule has 5 aliphatic rings. The predicted octanol–water partition coefficient (Wildman–Crippen LogP) is 3.94. The van der Waals surface area contributed by atoms with Crippen LogP contribution in [0.25, 0.3) is 0 Å². The van der Waals surface area contributed by atoms with Crippen molar-refractivity contribution in [1.82, 2.24) is 21.3 Å². The zero-order valence-electron chi connectivity index (χ0n) is 17.2. The van der Waals surface area contributed by atoms with Gasteiger partial charge in [0, 0.05) is 31.1 Å². The fourth-order valence-corrected chi connectivity index (χ4v) is 5.70. The largest absolute Gasteiger partial charge is 0.370 e. The molecule has 0 aromatic heterocycles. The van der Waals surface area contributed by atoms with Gasteiger partial charge in [0.15, 0.2) is 0 Å². The highest BCUT2D eigenvalue weighted by Crippen LogP contribution is 2.45. The number of halogens is 2. The molecule has 0 bridgehead atoms. The SMILES string of the molecule is CC1C=C1C1CCC2=C(C1)C(N[C@H]1CCC(F)=C(Cl)C1)NC(C1=CCCNC1)N2. The minimum absolute atomic E-state index is 0.118. The molecule has 0 radical (unpaired) electrons. The van der Waals surface area contributed by atoms with Crippen molar-refractivity contribution >= 4 is 11.6 Å². The average Bonchev–Trinajstić information content (AvgIpc) is 3.47. The molecule has 4 N–H and O–H groups in total. The molecule has 6 heteroatoms. The topological polar surface area (TPSA) is 48.1 Å². The highest BCUT2D eigenvalue weighted by atomic mass is 35.5. The normalized spacial score (nSPS) is 37.6. The maximum absolute atomic E-state index is 13.8. The number of nitrogens with one attached hydrogen (secondary N) is 4. The molecular weight excluding hydrogens is 387 g/mol. The quantitative estimate of drug-likeness (QED) is 0.522. The average molecular weight is 419 g/mol. The molecule has 158 valence electrons. The Morgan fingerprint density at radius 1 is 1.21 bits per heavy atom. The first-order valence-electron chi connectivity index (χ1n) is 11.2. The van der Waals surface area contributed by atoms with Crippen molar-refractivity contribution in [3.63, 3.8) is 0 Å². The van der Waals surface area contributed by atoms with Crippen molar-refractivity contribution < 1.29 is 4.39 Å². The zero-order chi connectivity index (χ0) is 20.0. The van der Waals surface area contributed by atoms with Crippen LogP contribution in [0.3, 0.4) is 0 Å². The molecule has 0 aromatic carbocycles. The second-order valence-electron chi connectivity index (χ2n) is 9.24. The van der Waals surface area contributed by atoms with Crippen molar-refractivity contribution in [3.05, 3.63) is 45.4 Å². The molecule has 0 aromatic rings. The van der Waals surface area contributed by atoms with Crippen molar-refractivity contribution in [2.24, 2.45) is 11.8 Å². The fraction of sp³-hybridized carbons (Fsp3) is 0.652. The third-order valence-corrected chi connectivity index (χ3v) is 7.55. The minimum Gasteiger partial charge on any atom is -0.370 e. The molecule has 2 heterocycles. The van der Waals surface area contributed by atoms with Crippen LogP contribution in [0.2, 0.25) is 0 Å². The molecule has 0 saturated carbocycles. The summed E-state index contributed by atoms with van der Waals surface area (Å²) in [6, 6.07) is 0.213. The lowest BCUT2D eigenvalue weighted by Gasteiger charge is -2.43. The van der Waals surface area contributed by atoms with Gasteiger partial charge in [0.2, 0.25) is 0 Å². The van der Waals surface area contributed by atoms with Crippen molar-refractivity contribution in [1.29, 1.82) is 0 Å². The van der Waals surface area contributed by atoms with E-state index in [1.807, 2.05) is 0 Å². The Bertz CT molecular complexity index is 799. The molecule has 0 saturated heterocycles. The van der Waals surface area contributed by atoms with Gasteiger partial charge in [-0.05, 0) is 61.6 Å². The first-order valence-corrected chi connectivity index (χ1v) is 11.6. The second-order valence-corrected chi connectivity index (χ2v) is 9.69. The lowest BCUT2D eigenvalue weighted by molar-refractivity contribution is 0.291. The van der Waals surface area contributed by atoms with Crippen LogP contribution in [0.15, 0.2) is 45.4 Å². The zero-order valence-corrected chi connectivity index (χ0v) is 17.9. The van der Waals surface area contributed by atoms with Crippen LogP contribution in [0.5, 0.6) is 0 Å². The molecule has 29 heavy (non-hydrogen) atoms. The third-order valence-electron chi connectivity index (χ3n) is 7.19. The van der Waals surface area contributed by atoms with E-state index in [0.717, 1.165) is 38.8 Å². The Morgan fingerprint density at radius 3 is 2.79 bits per heavy atom. The van der Waals surface area contributed by atoms with Gasteiger partial charge in [-0.15, -0.1) is 0 Å². The van der Waals surface area contributed by atoms with E-state index < -0.39 is 0 Å². The standard InChI is InChI=1S/C23H32ClFN4/c1-13-9-17(13)14-4-7-21-18(10-14)23(27-16-5-6-20(25)19(24)11-16)29-22(28-21)15-3-2-8-26-12-15/h3,9,13-14,16,22-23,26-29H,2,4-8,10-12H2,1H3/t13?,14?,16-,22?,23?/m0/s1. The highest BCUT2D eigenvalue weighted by molar-refractivity contribution is 6.29. The first-order chi connectivity index (χ1) is 14.1. The van der Waals surface area contributed by atoms with Crippen LogP contribution in [0.4, 0.5) is 4.39 Å². The summed E-state index contributed by atoms with van der Waals surface area (Å²) in [4.78, 5) is 0. The molecular formula is C23H32ClFN4. The lowest BCUT2D eigenvalue weighted by Crippen LogP contribution is -2.62. The van der Waals surface area contributed by atoms with E-state index in [1.165, 1.54) is 23.3 Å². The van der Waals surface area contributed by atoms with Gasteiger partial charge in [-0.3, -0.25) is 10.6 Å². The van der Waals surface area contributed by atoms with Crippen LogP contribution in [0, 0.1) is 11.8 Å². The summed E-state index contributed by atoms with van der Waals surface area (Å²) < 4.78 is 13.8. The smallest absolute Gasteiger partial charge is 0.114 e. The summed E-state index contributed by atoms with van der Waals surface area (Å²) in [6.07, 6.45) is 11.4. The van der Waals surface area contributed by atoms with E-state index in [-0.39, 0.29) is 24.2 Å². The number of hydrogen-bond donors (Lipinski definition) is 4. The Balaban J connectivity index is 1.36. The van der Waals surface area contributed by atoms with E-state index in [2.05, 4.69) is 40.3 Å². The predicted molar refractivity (Wildman–Crippen MR) is 116 cm³/mol. The Morgan fingerprint density at radius 2 is 2.07 bits per heavy atom. The van der Waals surface area contributed by atoms with Crippen LogP contribution in [-0.2, 0) is 0 Å². The van der Waals surface area contributed by atoms with Gasteiger partial charge in [0.1, 0.15) is 12.0 Å². The van der Waals surface area contributed by atoms with Crippen LogP contribution >= 0.6 is 11.6 Å². The third kappa shape index (κ3) is 4.20. The Hall–Kier alpha value is -1.14. The van der Waals surface area contributed by atoms with E-state index >= 15 is 0 Å². The van der Waals surface area contributed by atoms with E-state index in [1.54, 1.807) is 5.57 Å². The van der Waals surface area contributed by atoms with Crippen molar-refractivity contribution in [2.75, 3.05) is 13.1 Å². The summed E-state index contributed by atoms with van der Waals surface area (Å²) in [5.74, 6) is 1.23. The maximum atomic E-state index is 13.8. The van der Waals surface area contributed by atoms with Crippen molar-refractivity contribution in [3.8, 4) is 0 Å². The second kappa shape index (κ2) is 8.18. The van der Waals surface area contributed by atoms with Crippen LogP contribution < -0.4 is 21.3 Å². The minimum atomic E-state index is -0.133. The molecule has 0 spiro atoms. The molecule has 0 fully saturated rings.